The highest BCUT2D eigenvalue weighted by molar-refractivity contribution is 5.82. The van der Waals surface area contributed by atoms with E-state index in [1.54, 1.807) is 0 Å². The van der Waals surface area contributed by atoms with E-state index in [9.17, 15) is 4.79 Å². The maximum atomic E-state index is 12.5. The number of benzene rings is 1. The Balaban J connectivity index is 1.72. The number of rotatable bonds is 4. The van der Waals surface area contributed by atoms with Crippen molar-refractivity contribution in [3.63, 3.8) is 0 Å². The number of hydrogen-bond donors (Lipinski definition) is 0. The fourth-order valence-electron chi connectivity index (χ4n) is 3.58. The number of carbonyl (C=O) groups excluding carboxylic acids is 1. The molecule has 3 nitrogen and oxygen atoms in total. The van der Waals surface area contributed by atoms with Gasteiger partial charge in [0.2, 0.25) is 5.91 Å². The second-order valence-electron chi connectivity index (χ2n) is 6.04. The van der Waals surface area contributed by atoms with E-state index in [2.05, 4.69) is 53.6 Å². The fourth-order valence-corrected chi connectivity index (χ4v) is 3.58. The Kier molecular flexibility index (Phi) is 4.00. The number of aryl methyl sites for hydroxylation is 2. The smallest absolute Gasteiger partial charge is 0.224 e. The third kappa shape index (κ3) is 2.69. The van der Waals surface area contributed by atoms with E-state index in [1.165, 1.54) is 23.0 Å². The Morgan fingerprint density at radius 2 is 2.14 bits per heavy atom. The molecule has 1 atom stereocenters. The Morgan fingerprint density at radius 1 is 1.33 bits per heavy atom. The van der Waals surface area contributed by atoms with Gasteiger partial charge in [0, 0.05) is 36.8 Å². The van der Waals surface area contributed by atoms with Crippen molar-refractivity contribution >= 4 is 16.8 Å². The van der Waals surface area contributed by atoms with Crippen molar-refractivity contribution in [1.29, 1.82) is 0 Å². The van der Waals surface area contributed by atoms with Gasteiger partial charge in [0.25, 0.3) is 0 Å². The molecule has 1 amide bonds. The summed E-state index contributed by atoms with van der Waals surface area (Å²) >= 11 is 0. The summed E-state index contributed by atoms with van der Waals surface area (Å²) in [5.74, 6) is 0.316. The molecule has 21 heavy (non-hydrogen) atoms. The normalized spacial score (nSPS) is 18.6. The SMILES string of the molecule is CC[C@@H]1CCCN1C(=O)CCn1c(C)cc2ccccc21. The summed E-state index contributed by atoms with van der Waals surface area (Å²) in [7, 11) is 0. The predicted octanol–water partition coefficient (Wildman–Crippen LogP) is 3.74. The van der Waals surface area contributed by atoms with Crippen molar-refractivity contribution in [3.05, 3.63) is 36.0 Å². The van der Waals surface area contributed by atoms with Crippen LogP contribution in [0.5, 0.6) is 0 Å². The van der Waals surface area contributed by atoms with Gasteiger partial charge in [0.1, 0.15) is 0 Å². The Bertz CT molecular complexity index is 644. The van der Waals surface area contributed by atoms with Crippen LogP contribution in [-0.2, 0) is 11.3 Å². The van der Waals surface area contributed by atoms with E-state index in [0.717, 1.165) is 25.9 Å². The van der Waals surface area contributed by atoms with Crippen LogP contribution < -0.4 is 0 Å². The average molecular weight is 284 g/mol. The summed E-state index contributed by atoms with van der Waals surface area (Å²) in [5, 5.41) is 1.26. The summed E-state index contributed by atoms with van der Waals surface area (Å²) in [5.41, 5.74) is 2.47. The summed E-state index contributed by atoms with van der Waals surface area (Å²) in [6, 6.07) is 11.1. The maximum Gasteiger partial charge on any atom is 0.224 e. The van der Waals surface area contributed by atoms with Gasteiger partial charge in [0.15, 0.2) is 0 Å². The van der Waals surface area contributed by atoms with Crippen molar-refractivity contribution in [1.82, 2.24) is 9.47 Å². The molecule has 1 fully saturated rings. The summed E-state index contributed by atoms with van der Waals surface area (Å²) < 4.78 is 2.27. The van der Waals surface area contributed by atoms with Gasteiger partial charge in [0.05, 0.1) is 0 Å². The molecular formula is C18H24N2O. The van der Waals surface area contributed by atoms with E-state index in [-0.39, 0.29) is 0 Å². The van der Waals surface area contributed by atoms with E-state index in [1.807, 2.05) is 0 Å². The molecule has 0 radical (unpaired) electrons. The molecule has 3 rings (SSSR count). The van der Waals surface area contributed by atoms with Crippen LogP contribution in [0.25, 0.3) is 10.9 Å². The lowest BCUT2D eigenvalue weighted by Gasteiger charge is -2.24. The predicted molar refractivity (Wildman–Crippen MR) is 86.3 cm³/mol. The first-order valence-electron chi connectivity index (χ1n) is 8.05. The topological polar surface area (TPSA) is 25.2 Å². The molecule has 1 aromatic heterocycles. The number of carbonyl (C=O) groups is 1. The lowest BCUT2D eigenvalue weighted by molar-refractivity contribution is -0.132. The number of para-hydroxylation sites is 1. The van der Waals surface area contributed by atoms with Crippen LogP contribution in [0.2, 0.25) is 0 Å². The third-order valence-corrected chi connectivity index (χ3v) is 4.74. The minimum absolute atomic E-state index is 0.316. The molecule has 1 saturated heterocycles. The molecule has 0 spiro atoms. The Morgan fingerprint density at radius 3 is 2.95 bits per heavy atom. The van der Waals surface area contributed by atoms with Crippen molar-refractivity contribution in [3.8, 4) is 0 Å². The van der Waals surface area contributed by atoms with Gasteiger partial charge in [-0.2, -0.15) is 0 Å². The molecule has 1 aromatic carbocycles. The average Bonchev–Trinajstić information content (AvgIpc) is 3.08. The van der Waals surface area contributed by atoms with Crippen LogP contribution in [0.1, 0.15) is 38.3 Å². The number of likely N-dealkylation sites (tertiary alicyclic amines) is 1. The minimum Gasteiger partial charge on any atom is -0.344 e. The lowest BCUT2D eigenvalue weighted by Crippen LogP contribution is -2.35. The maximum absolute atomic E-state index is 12.5. The number of fused-ring (bicyclic) bond motifs is 1. The number of amides is 1. The van der Waals surface area contributed by atoms with Gasteiger partial charge in [-0.25, -0.2) is 0 Å². The van der Waals surface area contributed by atoms with Crippen LogP contribution in [0.15, 0.2) is 30.3 Å². The summed E-state index contributed by atoms with van der Waals surface area (Å²) in [6.45, 7) is 6.03. The fraction of sp³-hybridized carbons (Fsp3) is 0.500. The van der Waals surface area contributed by atoms with Crippen LogP contribution in [-0.4, -0.2) is 28.0 Å². The molecule has 2 heterocycles. The van der Waals surface area contributed by atoms with Crippen molar-refractivity contribution < 1.29 is 4.79 Å². The second kappa shape index (κ2) is 5.92. The Hall–Kier alpha value is -1.77. The number of nitrogens with zero attached hydrogens (tertiary/aromatic N) is 2. The van der Waals surface area contributed by atoms with Gasteiger partial charge in [-0.1, -0.05) is 25.1 Å². The second-order valence-corrected chi connectivity index (χ2v) is 6.04. The van der Waals surface area contributed by atoms with E-state index >= 15 is 0 Å². The van der Waals surface area contributed by atoms with Gasteiger partial charge >= 0.3 is 0 Å². The molecule has 0 saturated carbocycles. The highest BCUT2D eigenvalue weighted by Crippen LogP contribution is 2.22. The first-order valence-corrected chi connectivity index (χ1v) is 8.05. The minimum atomic E-state index is 0.316. The standard InChI is InChI=1S/C18H24N2O/c1-3-16-8-6-11-20(16)18(21)10-12-19-14(2)13-15-7-4-5-9-17(15)19/h4-5,7,9,13,16H,3,6,8,10-12H2,1-2H3/t16-/m1/s1. The number of aromatic nitrogens is 1. The Labute approximate surface area is 126 Å². The molecule has 112 valence electrons. The van der Waals surface area contributed by atoms with Crippen LogP contribution in [0.4, 0.5) is 0 Å². The van der Waals surface area contributed by atoms with Crippen LogP contribution >= 0.6 is 0 Å². The summed E-state index contributed by atoms with van der Waals surface area (Å²) in [4.78, 5) is 14.6. The lowest BCUT2D eigenvalue weighted by atomic mass is 10.1. The highest BCUT2D eigenvalue weighted by Gasteiger charge is 2.26. The summed E-state index contributed by atoms with van der Waals surface area (Å²) in [6.07, 6.45) is 4.02. The van der Waals surface area contributed by atoms with Gasteiger partial charge < -0.3 is 9.47 Å². The van der Waals surface area contributed by atoms with Crippen molar-refractivity contribution in [2.24, 2.45) is 0 Å². The van der Waals surface area contributed by atoms with Gasteiger partial charge in [-0.3, -0.25) is 4.79 Å². The zero-order chi connectivity index (χ0) is 14.8. The van der Waals surface area contributed by atoms with Crippen molar-refractivity contribution in [2.75, 3.05) is 6.54 Å². The molecule has 3 heteroatoms. The third-order valence-electron chi connectivity index (χ3n) is 4.74. The highest BCUT2D eigenvalue weighted by atomic mass is 16.2. The van der Waals surface area contributed by atoms with E-state index in [0.29, 0.717) is 18.4 Å². The van der Waals surface area contributed by atoms with Gasteiger partial charge in [-0.15, -0.1) is 0 Å². The number of hydrogen-bond acceptors (Lipinski definition) is 1. The van der Waals surface area contributed by atoms with Crippen LogP contribution in [0, 0.1) is 6.92 Å². The largest absolute Gasteiger partial charge is 0.344 e. The zero-order valence-corrected chi connectivity index (χ0v) is 13.0. The van der Waals surface area contributed by atoms with Crippen LogP contribution in [0.3, 0.4) is 0 Å². The molecule has 0 unspecified atom stereocenters. The molecule has 0 N–H and O–H groups in total. The molecular weight excluding hydrogens is 260 g/mol. The van der Waals surface area contributed by atoms with Gasteiger partial charge in [-0.05, 0) is 43.7 Å². The van der Waals surface area contributed by atoms with Crippen molar-refractivity contribution in [2.45, 2.75) is 52.1 Å². The quantitative estimate of drug-likeness (QED) is 0.839. The molecule has 0 aliphatic carbocycles. The zero-order valence-electron chi connectivity index (χ0n) is 13.0. The molecule has 1 aliphatic rings. The molecule has 1 aliphatic heterocycles. The monoisotopic (exact) mass is 284 g/mol. The first kappa shape index (κ1) is 14.2. The molecule has 2 aromatic rings. The van der Waals surface area contributed by atoms with E-state index < -0.39 is 0 Å². The first-order chi connectivity index (χ1) is 10.2. The van der Waals surface area contributed by atoms with E-state index in [4.69, 9.17) is 0 Å². The molecule has 0 bridgehead atoms.